The summed E-state index contributed by atoms with van der Waals surface area (Å²) in [5.41, 5.74) is -2.00. The summed E-state index contributed by atoms with van der Waals surface area (Å²) in [7, 11) is 0. The predicted molar refractivity (Wildman–Crippen MR) is 107 cm³/mol. The summed E-state index contributed by atoms with van der Waals surface area (Å²) in [6.07, 6.45) is -5.54. The molecule has 0 radical (unpaired) electrons. The predicted octanol–water partition coefficient (Wildman–Crippen LogP) is 5.64. The van der Waals surface area contributed by atoms with Gasteiger partial charge < -0.3 is 19.9 Å². The van der Waals surface area contributed by atoms with Crippen LogP contribution in [0.5, 0.6) is 11.6 Å². The fourth-order valence-electron chi connectivity index (χ4n) is 2.16. The minimum absolute atomic E-state index is 0.00257. The number of aromatic nitrogens is 1. The maximum absolute atomic E-state index is 13.2. The molecule has 0 bridgehead atoms. The van der Waals surface area contributed by atoms with Gasteiger partial charge in [0.25, 0.3) is 0 Å². The minimum Gasteiger partial charge on any atom is -0.478 e. The number of carbonyl (C=O) groups is 2. The van der Waals surface area contributed by atoms with Gasteiger partial charge in [-0.3, -0.25) is 0 Å². The van der Waals surface area contributed by atoms with Gasteiger partial charge in [-0.2, -0.15) is 13.2 Å². The van der Waals surface area contributed by atoms with E-state index in [4.69, 9.17) is 14.6 Å². The van der Waals surface area contributed by atoms with E-state index in [-0.39, 0.29) is 23.4 Å². The van der Waals surface area contributed by atoms with Crippen molar-refractivity contribution in [2.24, 2.45) is 0 Å². The number of pyridine rings is 1. The first-order valence-electron chi connectivity index (χ1n) is 9.40. The van der Waals surface area contributed by atoms with Crippen molar-refractivity contribution in [1.82, 2.24) is 10.3 Å². The second-order valence-electron chi connectivity index (χ2n) is 6.99. The van der Waals surface area contributed by atoms with E-state index in [2.05, 4.69) is 10.3 Å². The second kappa shape index (κ2) is 10.6. The Morgan fingerprint density at radius 1 is 1.10 bits per heavy atom. The van der Waals surface area contributed by atoms with E-state index in [9.17, 15) is 22.8 Å². The Bertz CT molecular complexity index is 909. The molecule has 170 valence electrons. The molecule has 0 saturated heterocycles. The van der Waals surface area contributed by atoms with Gasteiger partial charge in [0.1, 0.15) is 17.0 Å². The lowest BCUT2D eigenvalue weighted by molar-refractivity contribution is -0.141. The molecule has 7 nitrogen and oxygen atoms in total. The fraction of sp³-hybridized carbons (Fsp3) is 0.381. The number of amides is 1. The first-order valence-corrected chi connectivity index (χ1v) is 9.40. The van der Waals surface area contributed by atoms with Crippen LogP contribution in [0.25, 0.3) is 0 Å². The highest BCUT2D eigenvalue weighted by Gasteiger charge is 2.33. The van der Waals surface area contributed by atoms with Crippen LogP contribution in [0, 0.1) is 0 Å². The summed E-state index contributed by atoms with van der Waals surface area (Å²) in [6.45, 7) is 8.69. The van der Waals surface area contributed by atoms with Crippen LogP contribution in [0.15, 0.2) is 36.4 Å². The van der Waals surface area contributed by atoms with E-state index in [1.165, 1.54) is 24.3 Å². The van der Waals surface area contributed by atoms with Crippen molar-refractivity contribution in [3.63, 3.8) is 0 Å². The summed E-state index contributed by atoms with van der Waals surface area (Å²) < 4.78 is 49.9. The molecule has 10 heteroatoms. The molecule has 0 aliphatic rings. The van der Waals surface area contributed by atoms with Crippen molar-refractivity contribution in [2.45, 2.75) is 52.9 Å². The van der Waals surface area contributed by atoms with Crippen LogP contribution in [0.3, 0.4) is 0 Å². The number of carbonyl (C=O) groups excluding carboxylic acids is 1. The second-order valence-corrected chi connectivity index (χ2v) is 6.99. The lowest BCUT2D eigenvalue weighted by atomic mass is 10.2. The van der Waals surface area contributed by atoms with Crippen molar-refractivity contribution in [1.29, 1.82) is 0 Å². The summed E-state index contributed by atoms with van der Waals surface area (Å²) >= 11 is 0. The number of carboxylic acid groups (broad SMARTS) is 1. The van der Waals surface area contributed by atoms with Crippen LogP contribution in [-0.4, -0.2) is 27.8 Å². The molecular weight excluding hydrogens is 417 g/mol. The number of carboxylic acids is 1. The smallest absolute Gasteiger partial charge is 0.433 e. The van der Waals surface area contributed by atoms with Gasteiger partial charge in [0.15, 0.2) is 0 Å². The van der Waals surface area contributed by atoms with Crippen LogP contribution >= 0.6 is 0 Å². The van der Waals surface area contributed by atoms with Crippen molar-refractivity contribution in [3.05, 3.63) is 53.2 Å². The minimum atomic E-state index is -4.75. The Morgan fingerprint density at radius 3 is 2.29 bits per heavy atom. The molecule has 2 rings (SSSR count). The van der Waals surface area contributed by atoms with Crippen molar-refractivity contribution >= 4 is 12.1 Å². The standard InChI is InChI=1S/C19H19F3N2O5.C2H6/c1-18(2,3)29-17(27)23-10-11-7-14(19(20,21)22)24-15(8-11)28-13-6-4-5-12(9-13)16(25)26;1-2/h4-9H,10H2,1-3H3,(H,23,27)(H,25,26);1-2H3. The molecule has 1 amide bonds. The molecule has 0 unspecified atom stereocenters. The zero-order valence-electron chi connectivity index (χ0n) is 17.8. The van der Waals surface area contributed by atoms with Crippen molar-refractivity contribution in [3.8, 4) is 11.6 Å². The number of benzene rings is 1. The van der Waals surface area contributed by atoms with Gasteiger partial charge in [-0.15, -0.1) is 0 Å². The number of aromatic carboxylic acids is 1. The maximum atomic E-state index is 13.2. The van der Waals surface area contributed by atoms with E-state index in [0.717, 1.165) is 12.1 Å². The lowest BCUT2D eigenvalue weighted by Gasteiger charge is -2.20. The largest absolute Gasteiger partial charge is 0.478 e. The SMILES string of the molecule is CC.CC(C)(C)OC(=O)NCc1cc(Oc2cccc(C(=O)O)c2)nc(C(F)(F)F)c1. The number of rotatable bonds is 5. The molecule has 1 aromatic heterocycles. The Hall–Kier alpha value is -3.30. The van der Waals surface area contributed by atoms with Crippen LogP contribution in [-0.2, 0) is 17.5 Å². The Morgan fingerprint density at radius 2 is 1.74 bits per heavy atom. The zero-order chi connectivity index (χ0) is 23.8. The highest BCUT2D eigenvalue weighted by atomic mass is 19.4. The van der Waals surface area contributed by atoms with Gasteiger partial charge in [0.05, 0.1) is 5.56 Å². The number of hydrogen-bond acceptors (Lipinski definition) is 5. The molecule has 0 atom stereocenters. The van der Waals surface area contributed by atoms with E-state index < -0.39 is 35.4 Å². The van der Waals surface area contributed by atoms with Gasteiger partial charge in [-0.25, -0.2) is 14.6 Å². The zero-order valence-corrected chi connectivity index (χ0v) is 17.8. The molecule has 31 heavy (non-hydrogen) atoms. The van der Waals surface area contributed by atoms with Crippen molar-refractivity contribution < 1.29 is 37.3 Å². The molecule has 2 N–H and O–H groups in total. The monoisotopic (exact) mass is 442 g/mol. The summed E-state index contributed by atoms with van der Waals surface area (Å²) in [5, 5.41) is 11.4. The van der Waals surface area contributed by atoms with E-state index >= 15 is 0 Å². The molecule has 2 aromatic rings. The molecule has 0 saturated carbocycles. The number of halogens is 3. The molecule has 0 aliphatic carbocycles. The van der Waals surface area contributed by atoms with Gasteiger partial charge in [0, 0.05) is 12.6 Å². The fourth-order valence-corrected chi connectivity index (χ4v) is 2.16. The third-order valence-corrected chi connectivity index (χ3v) is 3.29. The summed E-state index contributed by atoms with van der Waals surface area (Å²) in [4.78, 5) is 26.2. The maximum Gasteiger partial charge on any atom is 0.433 e. The van der Waals surface area contributed by atoms with Gasteiger partial charge in [0.2, 0.25) is 5.88 Å². The third kappa shape index (κ3) is 8.93. The molecular formula is C21H25F3N2O5. The summed E-state index contributed by atoms with van der Waals surface area (Å²) in [5.74, 6) is -1.61. The van der Waals surface area contributed by atoms with Crippen LogP contribution < -0.4 is 10.1 Å². The van der Waals surface area contributed by atoms with Gasteiger partial charge >= 0.3 is 18.2 Å². The molecule has 1 heterocycles. The van der Waals surface area contributed by atoms with Crippen LogP contribution in [0.4, 0.5) is 18.0 Å². The number of ether oxygens (including phenoxy) is 2. The Labute approximate surface area is 178 Å². The Kier molecular flexibility index (Phi) is 8.84. The number of hydrogen-bond donors (Lipinski definition) is 2. The van der Waals surface area contributed by atoms with E-state index in [0.29, 0.717) is 0 Å². The average molecular weight is 442 g/mol. The lowest BCUT2D eigenvalue weighted by Crippen LogP contribution is -2.32. The highest BCUT2D eigenvalue weighted by Crippen LogP contribution is 2.31. The van der Waals surface area contributed by atoms with Crippen molar-refractivity contribution in [2.75, 3.05) is 0 Å². The topological polar surface area (TPSA) is 97.8 Å². The number of alkyl halides is 3. The number of nitrogens with one attached hydrogen (secondary N) is 1. The highest BCUT2D eigenvalue weighted by molar-refractivity contribution is 5.88. The van der Waals surface area contributed by atoms with E-state index in [1.54, 1.807) is 20.8 Å². The summed E-state index contributed by atoms with van der Waals surface area (Å²) in [6, 6.07) is 7.22. The van der Waals surface area contributed by atoms with Crippen LogP contribution in [0.1, 0.15) is 56.2 Å². The first kappa shape index (κ1) is 25.7. The average Bonchev–Trinajstić information content (AvgIpc) is 2.66. The quantitative estimate of drug-likeness (QED) is 0.622. The number of nitrogens with zero attached hydrogens (tertiary/aromatic N) is 1. The van der Waals surface area contributed by atoms with Crippen LogP contribution in [0.2, 0.25) is 0 Å². The molecule has 0 fully saturated rings. The first-order chi connectivity index (χ1) is 14.3. The van der Waals surface area contributed by atoms with E-state index in [1.807, 2.05) is 13.8 Å². The van der Waals surface area contributed by atoms with Gasteiger partial charge in [-0.1, -0.05) is 19.9 Å². The molecule has 0 aliphatic heterocycles. The number of alkyl carbamates (subject to hydrolysis) is 1. The normalized spacial score (nSPS) is 11.1. The van der Waals surface area contributed by atoms with Gasteiger partial charge in [-0.05, 0) is 50.6 Å². The Balaban J connectivity index is 0.00000233. The molecule has 1 aromatic carbocycles. The molecule has 0 spiro atoms. The third-order valence-electron chi connectivity index (χ3n) is 3.29.